The van der Waals surface area contributed by atoms with Crippen LogP contribution in [0.2, 0.25) is 0 Å². The van der Waals surface area contributed by atoms with Gasteiger partial charge < -0.3 is 25.7 Å². The molecule has 2 aromatic rings. The van der Waals surface area contributed by atoms with E-state index in [0.29, 0.717) is 11.2 Å². The Morgan fingerprint density at radius 1 is 1.62 bits per heavy atom. The summed E-state index contributed by atoms with van der Waals surface area (Å²) >= 11 is 17.1. The summed E-state index contributed by atoms with van der Waals surface area (Å²) in [6, 6.07) is 0. The number of aliphatic hydroxyl groups excluding tert-OH is 2. The highest BCUT2D eigenvalue weighted by Gasteiger charge is 2.57. The molecule has 1 saturated heterocycles. The minimum atomic E-state index is -1.61. The van der Waals surface area contributed by atoms with Crippen molar-refractivity contribution in [3.05, 3.63) is 11.0 Å². The number of rotatable bonds is 2. The number of nitrogen functional groups attached to an aromatic ring is 1. The molecule has 8 nitrogen and oxygen atoms in total. The predicted octanol–water partition coefficient (Wildman–Crippen LogP) is 0.887. The molecule has 5 N–H and O–H groups in total. The van der Waals surface area contributed by atoms with E-state index in [2.05, 4.69) is 26.3 Å². The normalized spacial score (nSPS) is 31.0. The van der Waals surface area contributed by atoms with Gasteiger partial charge in [-0.1, -0.05) is 29.7 Å². The van der Waals surface area contributed by atoms with Gasteiger partial charge in [-0.15, -0.1) is 0 Å². The summed E-state index contributed by atoms with van der Waals surface area (Å²) in [5.41, 5.74) is 6.48. The molecular weight excluding hydrogens is 377 g/mol. The van der Waals surface area contributed by atoms with Crippen molar-refractivity contribution in [3.8, 4) is 11.3 Å². The zero-order valence-electron chi connectivity index (χ0n) is 12.3. The fraction of sp³-hybridized carbons (Fsp3) is 0.462. The molecule has 0 aromatic carbocycles. The number of nitrogens with one attached hydrogen (secondary N) is 1. The van der Waals surface area contributed by atoms with Crippen LogP contribution in [0.25, 0.3) is 11.2 Å². The Labute approximate surface area is 151 Å². The third-order valence-electron chi connectivity index (χ3n) is 3.82. The van der Waals surface area contributed by atoms with Crippen molar-refractivity contribution in [2.75, 3.05) is 5.73 Å². The number of H-pyrrole nitrogens is 1. The summed E-state index contributed by atoms with van der Waals surface area (Å²) in [5.74, 6) is 2.63. The molecule has 1 aliphatic heterocycles. The summed E-state index contributed by atoms with van der Waals surface area (Å²) in [5, 5.41) is 22.5. The third kappa shape index (κ3) is 2.56. The number of ether oxygens (including phenoxy) is 1. The van der Waals surface area contributed by atoms with Crippen LogP contribution in [0, 0.1) is 15.9 Å². The Kier molecular flexibility index (Phi) is 4.46. The molecule has 1 unspecified atom stereocenters. The molecule has 0 saturated carbocycles. The Hall–Kier alpha value is -1.41. The number of nitrogens with zero attached hydrogens (tertiary/aromatic N) is 3. The van der Waals surface area contributed by atoms with E-state index in [1.807, 2.05) is 0 Å². The van der Waals surface area contributed by atoms with E-state index in [4.69, 9.17) is 45.9 Å². The fourth-order valence-electron chi connectivity index (χ4n) is 2.69. The summed E-state index contributed by atoms with van der Waals surface area (Å²) in [6.07, 6.45) is -2.84. The quantitative estimate of drug-likeness (QED) is 0.341. The molecule has 128 valence electrons. The number of imidazole rings is 1. The SMILES string of the molecule is C[C@H](O)[C@H]1O[C@@H](n2cnc3c(=S)nc(N)[nH]c32)C(Cl)(C#CCl)[C@H]1O. The number of halogens is 2. The second kappa shape index (κ2) is 6.15. The van der Waals surface area contributed by atoms with Gasteiger partial charge >= 0.3 is 0 Å². The van der Waals surface area contributed by atoms with Crippen LogP contribution in [0.3, 0.4) is 0 Å². The van der Waals surface area contributed by atoms with Gasteiger partial charge in [-0.3, -0.25) is 4.57 Å². The largest absolute Gasteiger partial charge is 0.391 e. The summed E-state index contributed by atoms with van der Waals surface area (Å²) in [6.45, 7) is 1.48. The van der Waals surface area contributed by atoms with E-state index in [-0.39, 0.29) is 10.6 Å². The van der Waals surface area contributed by atoms with Gasteiger partial charge in [-0.25, -0.2) is 9.97 Å². The smallest absolute Gasteiger partial charge is 0.200 e. The molecule has 0 spiro atoms. The first-order chi connectivity index (χ1) is 11.3. The van der Waals surface area contributed by atoms with Gasteiger partial charge in [0.2, 0.25) is 0 Å². The average Bonchev–Trinajstić information content (AvgIpc) is 3.00. The molecule has 11 heteroatoms. The minimum absolute atomic E-state index is 0.0865. The maximum absolute atomic E-state index is 10.5. The molecule has 5 atom stereocenters. The van der Waals surface area contributed by atoms with Gasteiger partial charge in [-0.2, -0.15) is 0 Å². The Morgan fingerprint density at radius 3 is 2.96 bits per heavy atom. The number of nitrogens with two attached hydrogens (primary N) is 1. The number of aliphatic hydroxyl groups is 2. The van der Waals surface area contributed by atoms with Gasteiger partial charge in [0, 0.05) is 5.38 Å². The van der Waals surface area contributed by atoms with Crippen molar-refractivity contribution in [1.82, 2.24) is 19.5 Å². The molecular formula is C13H13Cl2N5O3S. The standard InChI is InChI=1S/C13H13Cl2N5O3S/c1-5(21)7-8(22)13(15,2-3-14)11(23-7)20-4-17-6-9(20)18-12(16)19-10(6)24/h4-5,7-8,11,21-22H,1H3,(H3,16,18,19,24)/t5-,7+,8-,11+,13?/m0/s1. The second-order valence-electron chi connectivity index (χ2n) is 5.40. The van der Waals surface area contributed by atoms with Crippen LogP contribution in [0.5, 0.6) is 0 Å². The van der Waals surface area contributed by atoms with E-state index in [1.165, 1.54) is 17.8 Å². The van der Waals surface area contributed by atoms with Crippen LogP contribution >= 0.6 is 35.4 Å². The highest BCUT2D eigenvalue weighted by atomic mass is 35.5. The van der Waals surface area contributed by atoms with Crippen LogP contribution in [0.4, 0.5) is 5.95 Å². The third-order valence-corrected chi connectivity index (χ3v) is 4.70. The van der Waals surface area contributed by atoms with E-state index in [9.17, 15) is 10.2 Å². The summed E-state index contributed by atoms with van der Waals surface area (Å²) in [4.78, 5) is 9.32. The van der Waals surface area contributed by atoms with Gasteiger partial charge in [0.15, 0.2) is 21.7 Å². The van der Waals surface area contributed by atoms with Gasteiger partial charge in [0.25, 0.3) is 0 Å². The monoisotopic (exact) mass is 389 g/mol. The highest BCUT2D eigenvalue weighted by molar-refractivity contribution is 7.71. The Morgan fingerprint density at radius 2 is 2.33 bits per heavy atom. The zero-order valence-corrected chi connectivity index (χ0v) is 14.6. The number of fused-ring (bicyclic) bond motifs is 1. The van der Waals surface area contributed by atoms with Crippen molar-refractivity contribution < 1.29 is 14.9 Å². The summed E-state index contributed by atoms with van der Waals surface area (Å²) in [7, 11) is 0. The number of aromatic amines is 1. The predicted molar refractivity (Wildman–Crippen MR) is 90.9 cm³/mol. The lowest BCUT2D eigenvalue weighted by Crippen LogP contribution is -2.43. The van der Waals surface area contributed by atoms with E-state index >= 15 is 0 Å². The lowest BCUT2D eigenvalue weighted by molar-refractivity contribution is -0.0752. The first-order valence-electron chi connectivity index (χ1n) is 6.85. The maximum Gasteiger partial charge on any atom is 0.200 e. The number of hydrogen-bond donors (Lipinski definition) is 4. The van der Waals surface area contributed by atoms with Crippen molar-refractivity contribution >= 4 is 52.5 Å². The van der Waals surface area contributed by atoms with E-state index in [1.54, 1.807) is 0 Å². The van der Waals surface area contributed by atoms with Gasteiger partial charge in [-0.05, 0) is 18.5 Å². The molecule has 3 heterocycles. The number of aromatic nitrogens is 4. The van der Waals surface area contributed by atoms with Crippen molar-refractivity contribution in [2.45, 2.75) is 36.3 Å². The Balaban J connectivity index is 2.20. The molecule has 0 radical (unpaired) electrons. The molecule has 0 amide bonds. The first-order valence-corrected chi connectivity index (χ1v) is 8.01. The zero-order chi connectivity index (χ0) is 17.6. The van der Waals surface area contributed by atoms with Crippen molar-refractivity contribution in [3.63, 3.8) is 0 Å². The van der Waals surface area contributed by atoms with Crippen LogP contribution in [-0.2, 0) is 4.74 Å². The topological polar surface area (TPSA) is 122 Å². The molecule has 3 rings (SSSR count). The number of anilines is 1. The molecule has 1 aliphatic rings. The lowest BCUT2D eigenvalue weighted by atomic mass is 9.97. The summed E-state index contributed by atoms with van der Waals surface area (Å²) < 4.78 is 7.44. The second-order valence-corrected chi connectivity index (χ2v) is 6.60. The molecule has 1 fully saturated rings. The van der Waals surface area contributed by atoms with Crippen LogP contribution < -0.4 is 5.73 Å². The minimum Gasteiger partial charge on any atom is -0.391 e. The highest BCUT2D eigenvalue weighted by Crippen LogP contribution is 2.45. The van der Waals surface area contributed by atoms with Crippen LogP contribution in [0.1, 0.15) is 13.2 Å². The Bertz CT molecular complexity index is 904. The van der Waals surface area contributed by atoms with E-state index < -0.39 is 29.4 Å². The van der Waals surface area contributed by atoms with E-state index in [0.717, 1.165) is 0 Å². The van der Waals surface area contributed by atoms with Crippen molar-refractivity contribution in [1.29, 1.82) is 0 Å². The van der Waals surface area contributed by atoms with Crippen LogP contribution in [0.15, 0.2) is 6.33 Å². The number of hydrogen-bond acceptors (Lipinski definition) is 7. The maximum atomic E-state index is 10.5. The molecule has 24 heavy (non-hydrogen) atoms. The molecule has 2 aromatic heterocycles. The lowest BCUT2D eigenvalue weighted by Gasteiger charge is -2.25. The average molecular weight is 390 g/mol. The fourth-order valence-corrected chi connectivity index (χ4v) is 3.47. The first kappa shape index (κ1) is 17.4. The van der Waals surface area contributed by atoms with Crippen molar-refractivity contribution in [2.24, 2.45) is 0 Å². The van der Waals surface area contributed by atoms with Crippen LogP contribution in [-0.4, -0.2) is 52.9 Å². The van der Waals surface area contributed by atoms with Gasteiger partial charge in [0.1, 0.15) is 23.4 Å². The number of alkyl halides is 1. The molecule has 0 bridgehead atoms. The molecule has 0 aliphatic carbocycles. The van der Waals surface area contributed by atoms with Gasteiger partial charge in [0.05, 0.1) is 12.4 Å².